The zero-order valence-electron chi connectivity index (χ0n) is 15.2. The van der Waals surface area contributed by atoms with E-state index in [1.54, 1.807) is 24.3 Å². The summed E-state index contributed by atoms with van der Waals surface area (Å²) in [6.45, 7) is 4.16. The summed E-state index contributed by atoms with van der Waals surface area (Å²) >= 11 is 0. The largest absolute Gasteiger partial charge is 0.324 e. The topological polar surface area (TPSA) is 58.1 Å². The lowest BCUT2D eigenvalue weighted by atomic mass is 10.1. The van der Waals surface area contributed by atoms with Crippen molar-refractivity contribution in [3.63, 3.8) is 0 Å². The van der Waals surface area contributed by atoms with Crippen molar-refractivity contribution in [3.8, 4) is 0 Å². The number of para-hydroxylation sites is 2. The van der Waals surface area contributed by atoms with Gasteiger partial charge in [-0.25, -0.2) is 9.97 Å². The SMILES string of the molecule is CCc1cccc(C)c1Nc1ncc(C(=O)N(C)c2ccccc2)cn1. The molecule has 0 atom stereocenters. The maximum absolute atomic E-state index is 12.6. The molecule has 5 heteroatoms. The molecular formula is C21H22N4O. The first-order valence-electron chi connectivity index (χ1n) is 8.60. The lowest BCUT2D eigenvalue weighted by Gasteiger charge is -2.17. The highest BCUT2D eigenvalue weighted by atomic mass is 16.2. The van der Waals surface area contributed by atoms with Gasteiger partial charge >= 0.3 is 0 Å². The Labute approximate surface area is 153 Å². The van der Waals surface area contributed by atoms with E-state index in [4.69, 9.17) is 0 Å². The zero-order chi connectivity index (χ0) is 18.5. The molecule has 1 heterocycles. The number of aromatic nitrogens is 2. The quantitative estimate of drug-likeness (QED) is 0.745. The normalized spacial score (nSPS) is 10.4. The molecule has 0 saturated heterocycles. The predicted molar refractivity (Wildman–Crippen MR) is 105 cm³/mol. The Morgan fingerprint density at radius 2 is 1.73 bits per heavy atom. The number of benzene rings is 2. The summed E-state index contributed by atoms with van der Waals surface area (Å²) < 4.78 is 0. The van der Waals surface area contributed by atoms with E-state index in [2.05, 4.69) is 28.3 Å². The van der Waals surface area contributed by atoms with E-state index in [0.717, 1.165) is 23.4 Å². The number of nitrogens with zero attached hydrogens (tertiary/aromatic N) is 3. The highest BCUT2D eigenvalue weighted by molar-refractivity contribution is 6.05. The second kappa shape index (κ2) is 7.78. The predicted octanol–water partition coefficient (Wildman–Crippen LogP) is 4.37. The van der Waals surface area contributed by atoms with Crippen LogP contribution < -0.4 is 10.2 Å². The van der Waals surface area contributed by atoms with E-state index in [9.17, 15) is 4.79 Å². The third-order valence-electron chi connectivity index (χ3n) is 4.32. The molecule has 0 aliphatic carbocycles. The van der Waals surface area contributed by atoms with Crippen LogP contribution >= 0.6 is 0 Å². The number of amides is 1. The summed E-state index contributed by atoms with van der Waals surface area (Å²) in [4.78, 5) is 22.8. The first kappa shape index (κ1) is 17.6. The van der Waals surface area contributed by atoms with Crippen LogP contribution in [-0.4, -0.2) is 22.9 Å². The highest BCUT2D eigenvalue weighted by Crippen LogP contribution is 2.24. The van der Waals surface area contributed by atoms with E-state index >= 15 is 0 Å². The molecule has 2 aromatic carbocycles. The highest BCUT2D eigenvalue weighted by Gasteiger charge is 2.14. The maximum atomic E-state index is 12.6. The minimum absolute atomic E-state index is 0.145. The lowest BCUT2D eigenvalue weighted by Crippen LogP contribution is -2.26. The fraction of sp³-hybridized carbons (Fsp3) is 0.190. The molecule has 0 aliphatic heterocycles. The van der Waals surface area contributed by atoms with Gasteiger partial charge in [-0.15, -0.1) is 0 Å². The van der Waals surface area contributed by atoms with E-state index in [0.29, 0.717) is 11.5 Å². The first-order valence-corrected chi connectivity index (χ1v) is 8.60. The van der Waals surface area contributed by atoms with E-state index in [-0.39, 0.29) is 5.91 Å². The molecule has 1 N–H and O–H groups in total. The van der Waals surface area contributed by atoms with Crippen LogP contribution in [0.5, 0.6) is 0 Å². The third-order valence-corrected chi connectivity index (χ3v) is 4.32. The van der Waals surface area contributed by atoms with Gasteiger partial charge in [-0.3, -0.25) is 4.79 Å². The molecule has 3 aromatic rings. The Morgan fingerprint density at radius 3 is 2.38 bits per heavy atom. The van der Waals surface area contributed by atoms with Gasteiger partial charge < -0.3 is 10.2 Å². The molecule has 0 aliphatic rings. The molecule has 0 saturated carbocycles. The summed E-state index contributed by atoms with van der Waals surface area (Å²) in [6.07, 6.45) is 4.03. The average molecular weight is 346 g/mol. The summed E-state index contributed by atoms with van der Waals surface area (Å²) in [7, 11) is 1.74. The fourth-order valence-corrected chi connectivity index (χ4v) is 2.78. The lowest BCUT2D eigenvalue weighted by molar-refractivity contribution is 0.0992. The number of anilines is 3. The molecule has 0 radical (unpaired) electrons. The Hall–Kier alpha value is -3.21. The van der Waals surface area contributed by atoms with Crippen LogP contribution in [0.15, 0.2) is 60.9 Å². The zero-order valence-corrected chi connectivity index (χ0v) is 15.2. The second-order valence-corrected chi connectivity index (χ2v) is 6.08. The van der Waals surface area contributed by atoms with Crippen molar-refractivity contribution >= 4 is 23.2 Å². The number of carbonyl (C=O) groups is 1. The number of hydrogen-bond acceptors (Lipinski definition) is 4. The first-order chi connectivity index (χ1) is 12.6. The number of hydrogen-bond donors (Lipinski definition) is 1. The summed E-state index contributed by atoms with van der Waals surface area (Å²) in [5.74, 6) is 0.334. The van der Waals surface area contributed by atoms with Crippen LogP contribution in [0.1, 0.15) is 28.4 Å². The summed E-state index contributed by atoms with van der Waals surface area (Å²) in [6, 6.07) is 15.7. The van der Waals surface area contributed by atoms with E-state index in [1.807, 2.05) is 49.4 Å². The van der Waals surface area contributed by atoms with Crippen LogP contribution in [0.3, 0.4) is 0 Å². The van der Waals surface area contributed by atoms with Crippen LogP contribution in [0.2, 0.25) is 0 Å². The molecule has 0 fully saturated rings. The fourth-order valence-electron chi connectivity index (χ4n) is 2.78. The van der Waals surface area contributed by atoms with Gasteiger partial charge in [0.05, 0.1) is 5.56 Å². The number of carbonyl (C=O) groups excluding carboxylic acids is 1. The van der Waals surface area contributed by atoms with Crippen molar-refractivity contribution in [1.29, 1.82) is 0 Å². The molecule has 1 amide bonds. The van der Waals surface area contributed by atoms with Gasteiger partial charge in [-0.1, -0.05) is 43.3 Å². The molecule has 5 nitrogen and oxygen atoms in total. The second-order valence-electron chi connectivity index (χ2n) is 6.08. The van der Waals surface area contributed by atoms with Gasteiger partial charge in [-0.05, 0) is 36.6 Å². The van der Waals surface area contributed by atoms with Crippen molar-refractivity contribution < 1.29 is 4.79 Å². The molecule has 3 rings (SSSR count). The Balaban J connectivity index is 1.78. The molecule has 0 bridgehead atoms. The Bertz CT molecular complexity index is 892. The standard InChI is InChI=1S/C21H22N4O/c1-4-16-10-8-9-15(2)19(16)24-21-22-13-17(14-23-21)20(26)25(3)18-11-6-5-7-12-18/h5-14H,4H2,1-3H3,(H,22,23,24). The maximum Gasteiger partial charge on any atom is 0.261 e. The van der Waals surface area contributed by atoms with Crippen molar-refractivity contribution in [2.24, 2.45) is 0 Å². The molecule has 0 unspecified atom stereocenters. The van der Waals surface area contributed by atoms with Crippen LogP contribution in [-0.2, 0) is 6.42 Å². The van der Waals surface area contributed by atoms with Crippen LogP contribution in [0.25, 0.3) is 0 Å². The van der Waals surface area contributed by atoms with Gasteiger partial charge in [-0.2, -0.15) is 0 Å². The van der Waals surface area contributed by atoms with Crippen LogP contribution in [0, 0.1) is 6.92 Å². The average Bonchev–Trinajstić information content (AvgIpc) is 2.69. The summed E-state index contributed by atoms with van der Waals surface area (Å²) in [5, 5.41) is 3.27. The minimum atomic E-state index is -0.145. The molecule has 26 heavy (non-hydrogen) atoms. The number of rotatable bonds is 5. The number of nitrogens with one attached hydrogen (secondary N) is 1. The van der Waals surface area contributed by atoms with E-state index < -0.39 is 0 Å². The Kier molecular flexibility index (Phi) is 5.27. The molecule has 1 aromatic heterocycles. The van der Waals surface area contributed by atoms with Crippen molar-refractivity contribution in [2.45, 2.75) is 20.3 Å². The van der Waals surface area contributed by atoms with Gasteiger partial charge in [0.2, 0.25) is 5.95 Å². The third kappa shape index (κ3) is 3.72. The van der Waals surface area contributed by atoms with Gasteiger partial charge in [0.1, 0.15) is 0 Å². The molecule has 132 valence electrons. The summed E-state index contributed by atoms with van der Waals surface area (Å²) in [5.41, 5.74) is 4.64. The molecular weight excluding hydrogens is 324 g/mol. The van der Waals surface area contributed by atoms with Gasteiger partial charge in [0.25, 0.3) is 5.91 Å². The smallest absolute Gasteiger partial charge is 0.261 e. The van der Waals surface area contributed by atoms with Gasteiger partial charge in [0.15, 0.2) is 0 Å². The number of aryl methyl sites for hydroxylation is 2. The van der Waals surface area contributed by atoms with E-state index in [1.165, 1.54) is 5.56 Å². The molecule has 0 spiro atoms. The minimum Gasteiger partial charge on any atom is -0.324 e. The Morgan fingerprint density at radius 1 is 1.04 bits per heavy atom. The monoisotopic (exact) mass is 346 g/mol. The van der Waals surface area contributed by atoms with Crippen molar-refractivity contribution in [1.82, 2.24) is 9.97 Å². The van der Waals surface area contributed by atoms with Crippen molar-refractivity contribution in [2.75, 3.05) is 17.3 Å². The van der Waals surface area contributed by atoms with Crippen molar-refractivity contribution in [3.05, 3.63) is 77.6 Å². The van der Waals surface area contributed by atoms with Crippen LogP contribution in [0.4, 0.5) is 17.3 Å². The van der Waals surface area contributed by atoms with Gasteiger partial charge in [0, 0.05) is 30.8 Å².